The van der Waals surface area contributed by atoms with Crippen LogP contribution < -0.4 is 10.1 Å². The molecule has 134 valence electrons. The van der Waals surface area contributed by atoms with Crippen molar-refractivity contribution in [3.63, 3.8) is 0 Å². The lowest BCUT2D eigenvalue weighted by molar-refractivity contribution is -0.112. The van der Waals surface area contributed by atoms with Crippen molar-refractivity contribution in [2.75, 3.05) is 11.9 Å². The van der Waals surface area contributed by atoms with E-state index in [0.717, 1.165) is 11.1 Å². The minimum Gasteiger partial charge on any atom is -0.503 e. The summed E-state index contributed by atoms with van der Waals surface area (Å²) in [6.07, 6.45) is 1.40. The van der Waals surface area contributed by atoms with Crippen LogP contribution >= 0.6 is 11.6 Å². The second-order valence-electron chi connectivity index (χ2n) is 5.67. The summed E-state index contributed by atoms with van der Waals surface area (Å²) in [5.74, 6) is -0.505. The van der Waals surface area contributed by atoms with Gasteiger partial charge in [-0.25, -0.2) is 0 Å². The number of anilines is 1. The second-order valence-corrected chi connectivity index (χ2v) is 6.08. The van der Waals surface area contributed by atoms with E-state index >= 15 is 0 Å². The molecule has 5 nitrogen and oxygen atoms in total. The van der Waals surface area contributed by atoms with Gasteiger partial charge in [0, 0.05) is 5.69 Å². The molecule has 0 unspecified atom stereocenters. The number of amides is 1. The molecule has 2 aromatic carbocycles. The van der Waals surface area contributed by atoms with Gasteiger partial charge in [-0.1, -0.05) is 29.8 Å². The van der Waals surface area contributed by atoms with E-state index in [4.69, 9.17) is 16.3 Å². The summed E-state index contributed by atoms with van der Waals surface area (Å²) in [4.78, 5) is 12.5. The molecule has 0 spiro atoms. The largest absolute Gasteiger partial charge is 0.503 e. The summed E-state index contributed by atoms with van der Waals surface area (Å²) in [7, 11) is 0. The fourth-order valence-electron chi connectivity index (χ4n) is 2.45. The Morgan fingerprint density at radius 1 is 1.35 bits per heavy atom. The highest BCUT2D eigenvalue weighted by Gasteiger charge is 2.14. The van der Waals surface area contributed by atoms with Crippen LogP contribution in [0.25, 0.3) is 6.08 Å². The lowest BCUT2D eigenvalue weighted by atomic mass is 10.1. The number of halogens is 1. The highest BCUT2D eigenvalue weighted by molar-refractivity contribution is 6.32. The minimum absolute atomic E-state index is 0.0784. The van der Waals surface area contributed by atoms with Crippen LogP contribution in [-0.2, 0) is 4.79 Å². The van der Waals surface area contributed by atoms with Crippen molar-refractivity contribution < 1.29 is 14.6 Å². The molecule has 0 bridgehead atoms. The number of aryl methyl sites for hydroxylation is 2. The first-order chi connectivity index (χ1) is 12.4. The van der Waals surface area contributed by atoms with Crippen LogP contribution in [0.3, 0.4) is 0 Å². The van der Waals surface area contributed by atoms with E-state index < -0.39 is 5.91 Å². The van der Waals surface area contributed by atoms with Crippen molar-refractivity contribution in [3.8, 4) is 17.6 Å². The molecule has 0 radical (unpaired) electrons. The molecular weight excluding hydrogens is 352 g/mol. The number of nitriles is 1. The molecule has 2 aromatic rings. The molecule has 0 heterocycles. The van der Waals surface area contributed by atoms with Gasteiger partial charge in [0.15, 0.2) is 11.5 Å². The molecule has 0 aliphatic heterocycles. The minimum atomic E-state index is -0.521. The van der Waals surface area contributed by atoms with E-state index in [9.17, 15) is 15.2 Å². The third-order valence-electron chi connectivity index (χ3n) is 3.75. The third-order valence-corrected chi connectivity index (χ3v) is 4.03. The van der Waals surface area contributed by atoms with Gasteiger partial charge in [0.1, 0.15) is 11.6 Å². The van der Waals surface area contributed by atoms with Crippen LogP contribution in [0.1, 0.15) is 23.6 Å². The van der Waals surface area contributed by atoms with Gasteiger partial charge in [0.05, 0.1) is 11.6 Å². The fraction of sp³-hybridized carbons (Fsp3) is 0.200. The Morgan fingerprint density at radius 3 is 2.58 bits per heavy atom. The van der Waals surface area contributed by atoms with E-state index in [-0.39, 0.29) is 22.1 Å². The van der Waals surface area contributed by atoms with Gasteiger partial charge in [-0.15, -0.1) is 0 Å². The van der Waals surface area contributed by atoms with Gasteiger partial charge in [-0.05, 0) is 55.7 Å². The predicted molar refractivity (Wildman–Crippen MR) is 102 cm³/mol. The van der Waals surface area contributed by atoms with Gasteiger partial charge in [-0.2, -0.15) is 5.26 Å². The number of carbonyl (C=O) groups excluding carboxylic acids is 1. The number of hydrogen-bond donors (Lipinski definition) is 2. The number of para-hydroxylation sites is 1. The van der Waals surface area contributed by atoms with Gasteiger partial charge >= 0.3 is 0 Å². The predicted octanol–water partition coefficient (Wildman–Crippen LogP) is 4.61. The van der Waals surface area contributed by atoms with E-state index in [0.29, 0.717) is 17.9 Å². The van der Waals surface area contributed by atoms with Gasteiger partial charge < -0.3 is 15.2 Å². The van der Waals surface area contributed by atoms with Crippen LogP contribution in [0, 0.1) is 25.2 Å². The summed E-state index contributed by atoms with van der Waals surface area (Å²) < 4.78 is 5.31. The van der Waals surface area contributed by atoms with Crippen LogP contribution in [0.15, 0.2) is 35.9 Å². The number of rotatable bonds is 5. The number of phenols is 1. The van der Waals surface area contributed by atoms with Crippen molar-refractivity contribution >= 4 is 29.3 Å². The van der Waals surface area contributed by atoms with Crippen molar-refractivity contribution in [2.24, 2.45) is 0 Å². The van der Waals surface area contributed by atoms with Gasteiger partial charge in [-0.3, -0.25) is 4.79 Å². The SMILES string of the molecule is CCOc1cc(/C=C(\C#N)C(=O)Nc2c(C)cccc2C)cc(Cl)c1O. The lowest BCUT2D eigenvalue weighted by Gasteiger charge is -2.11. The smallest absolute Gasteiger partial charge is 0.266 e. The van der Waals surface area contributed by atoms with E-state index in [1.165, 1.54) is 18.2 Å². The molecule has 0 fully saturated rings. The topological polar surface area (TPSA) is 82.3 Å². The number of aromatic hydroxyl groups is 1. The molecule has 2 rings (SSSR count). The zero-order chi connectivity index (χ0) is 19.3. The summed E-state index contributed by atoms with van der Waals surface area (Å²) in [5, 5.41) is 22.1. The van der Waals surface area contributed by atoms with Gasteiger partial charge in [0.2, 0.25) is 0 Å². The molecule has 26 heavy (non-hydrogen) atoms. The first-order valence-electron chi connectivity index (χ1n) is 8.02. The maximum Gasteiger partial charge on any atom is 0.266 e. The fourth-order valence-corrected chi connectivity index (χ4v) is 2.67. The molecule has 1 amide bonds. The van der Waals surface area contributed by atoms with Crippen molar-refractivity contribution in [1.82, 2.24) is 0 Å². The Balaban J connectivity index is 2.36. The molecule has 0 atom stereocenters. The zero-order valence-corrected chi connectivity index (χ0v) is 15.5. The Hall–Kier alpha value is -2.97. The average molecular weight is 371 g/mol. The number of nitrogens with one attached hydrogen (secondary N) is 1. The van der Waals surface area contributed by atoms with Crippen molar-refractivity contribution in [3.05, 3.63) is 57.6 Å². The number of phenolic OH excluding ortho intramolecular Hbond substituents is 1. The number of carbonyl (C=O) groups is 1. The number of hydrogen-bond acceptors (Lipinski definition) is 4. The maximum atomic E-state index is 12.5. The third kappa shape index (κ3) is 4.35. The Kier molecular flexibility index (Phi) is 6.26. The highest BCUT2D eigenvalue weighted by Crippen LogP contribution is 2.36. The average Bonchev–Trinajstić information content (AvgIpc) is 2.60. The summed E-state index contributed by atoms with van der Waals surface area (Å²) in [6.45, 7) is 5.88. The molecule has 0 aromatic heterocycles. The molecule has 0 saturated carbocycles. The van der Waals surface area contributed by atoms with Crippen molar-refractivity contribution in [2.45, 2.75) is 20.8 Å². The molecule has 0 aliphatic rings. The van der Waals surface area contributed by atoms with Crippen LogP contribution in [0.2, 0.25) is 5.02 Å². The second kappa shape index (κ2) is 8.41. The molecule has 0 aliphatic carbocycles. The van der Waals surface area contributed by atoms with Crippen molar-refractivity contribution in [1.29, 1.82) is 5.26 Å². The Morgan fingerprint density at radius 2 is 2.00 bits per heavy atom. The number of nitrogens with zero attached hydrogens (tertiary/aromatic N) is 1. The summed E-state index contributed by atoms with van der Waals surface area (Å²) >= 11 is 5.99. The maximum absolute atomic E-state index is 12.5. The Bertz CT molecular complexity index is 894. The molecule has 6 heteroatoms. The highest BCUT2D eigenvalue weighted by atomic mass is 35.5. The quantitative estimate of drug-likeness (QED) is 0.594. The Labute approximate surface area is 157 Å². The van der Waals surface area contributed by atoms with E-state index in [1.54, 1.807) is 6.92 Å². The zero-order valence-electron chi connectivity index (χ0n) is 14.8. The number of benzene rings is 2. The molecule has 0 saturated heterocycles. The van der Waals surface area contributed by atoms with Crippen LogP contribution in [-0.4, -0.2) is 17.6 Å². The standard InChI is InChI=1S/C20H19ClN2O3/c1-4-26-17-10-14(9-16(21)19(17)24)8-15(11-22)20(25)23-18-12(2)6-5-7-13(18)3/h5-10,24H,4H2,1-3H3,(H,23,25)/b15-8+. The summed E-state index contributed by atoms with van der Waals surface area (Å²) in [5.41, 5.74) is 2.88. The molecular formula is C20H19ClN2O3. The molecule has 2 N–H and O–H groups in total. The number of ether oxygens (including phenoxy) is 1. The monoisotopic (exact) mass is 370 g/mol. The van der Waals surface area contributed by atoms with E-state index in [2.05, 4.69) is 5.32 Å². The normalized spacial score (nSPS) is 11.0. The summed E-state index contributed by atoms with van der Waals surface area (Å²) in [6, 6.07) is 10.5. The van der Waals surface area contributed by atoms with Gasteiger partial charge in [0.25, 0.3) is 5.91 Å². The van der Waals surface area contributed by atoms with Crippen LogP contribution in [0.5, 0.6) is 11.5 Å². The lowest BCUT2D eigenvalue weighted by Crippen LogP contribution is -2.15. The van der Waals surface area contributed by atoms with Crippen LogP contribution in [0.4, 0.5) is 5.69 Å². The van der Waals surface area contributed by atoms with E-state index in [1.807, 2.05) is 38.1 Å². The first kappa shape index (κ1) is 19.4. The first-order valence-corrected chi connectivity index (χ1v) is 8.39.